The summed E-state index contributed by atoms with van der Waals surface area (Å²) in [5, 5.41) is 9.38. The first kappa shape index (κ1) is 19.3. The minimum atomic E-state index is -0.660. The third-order valence-corrected chi connectivity index (χ3v) is 4.90. The minimum absolute atomic E-state index is 0.0439. The van der Waals surface area contributed by atoms with Gasteiger partial charge in [0.15, 0.2) is 5.69 Å². The number of nitriles is 1. The number of methoxy groups -OCH3 is 2. The van der Waals surface area contributed by atoms with Crippen LogP contribution in [0.2, 0.25) is 0 Å². The van der Waals surface area contributed by atoms with Crippen LogP contribution in [0.25, 0.3) is 5.69 Å². The van der Waals surface area contributed by atoms with Crippen molar-refractivity contribution in [3.05, 3.63) is 41.2 Å². The third kappa shape index (κ3) is 3.39. The van der Waals surface area contributed by atoms with Gasteiger partial charge in [-0.2, -0.15) is 5.26 Å². The van der Waals surface area contributed by atoms with Gasteiger partial charge in [-0.1, -0.05) is 0 Å². The predicted molar refractivity (Wildman–Crippen MR) is 104 cm³/mol. The van der Waals surface area contributed by atoms with Gasteiger partial charge in [0.1, 0.15) is 6.07 Å². The van der Waals surface area contributed by atoms with E-state index in [0.717, 1.165) is 38.0 Å². The van der Waals surface area contributed by atoms with Crippen molar-refractivity contribution in [2.75, 3.05) is 37.9 Å². The number of hydrogen-bond acceptors (Lipinski definition) is 7. The highest BCUT2D eigenvalue weighted by molar-refractivity contribution is 5.97. The first-order chi connectivity index (χ1) is 13.5. The SMILES string of the molecule is COC(=O)c1ccc(N2CCCCC2)c(-n2cc(C#N)c(N)c2C(=O)OC)c1. The number of ether oxygens (including phenoxy) is 2. The van der Waals surface area contributed by atoms with E-state index in [1.54, 1.807) is 12.1 Å². The molecule has 3 rings (SSSR count). The van der Waals surface area contributed by atoms with Crippen molar-refractivity contribution in [2.45, 2.75) is 19.3 Å². The number of rotatable bonds is 4. The lowest BCUT2D eigenvalue weighted by Gasteiger charge is -2.31. The molecule has 0 aliphatic carbocycles. The minimum Gasteiger partial charge on any atom is -0.465 e. The normalized spacial score (nSPS) is 13.7. The van der Waals surface area contributed by atoms with Gasteiger partial charge in [-0.25, -0.2) is 9.59 Å². The second-order valence-corrected chi connectivity index (χ2v) is 6.52. The molecule has 28 heavy (non-hydrogen) atoms. The predicted octanol–water partition coefficient (Wildman–Crippen LogP) is 2.49. The molecular weight excluding hydrogens is 360 g/mol. The molecule has 1 aromatic carbocycles. The van der Waals surface area contributed by atoms with Gasteiger partial charge in [-0.05, 0) is 37.5 Å². The van der Waals surface area contributed by atoms with Crippen LogP contribution in [0.5, 0.6) is 0 Å². The molecule has 8 nitrogen and oxygen atoms in total. The summed E-state index contributed by atoms with van der Waals surface area (Å²) in [6.07, 6.45) is 4.76. The number of carbonyl (C=O) groups is 2. The first-order valence-electron chi connectivity index (χ1n) is 8.98. The standard InChI is InChI=1S/C20H22N4O4/c1-27-19(25)13-6-7-15(23-8-4-3-5-9-23)16(10-13)24-12-14(11-21)17(22)18(24)20(26)28-2/h6-7,10,12H,3-5,8-9,22H2,1-2H3. The molecule has 0 bridgehead atoms. The van der Waals surface area contributed by atoms with E-state index in [2.05, 4.69) is 4.90 Å². The molecule has 2 N–H and O–H groups in total. The summed E-state index contributed by atoms with van der Waals surface area (Å²) in [7, 11) is 2.56. The fourth-order valence-corrected chi connectivity index (χ4v) is 3.47. The summed E-state index contributed by atoms with van der Waals surface area (Å²) in [5.74, 6) is -1.15. The van der Waals surface area contributed by atoms with E-state index in [1.807, 2.05) is 12.1 Å². The van der Waals surface area contributed by atoms with E-state index in [0.29, 0.717) is 11.3 Å². The molecule has 146 valence electrons. The molecule has 2 heterocycles. The number of nitrogen functional groups attached to an aromatic ring is 1. The molecule has 8 heteroatoms. The van der Waals surface area contributed by atoms with Crippen LogP contribution in [0.15, 0.2) is 24.4 Å². The largest absolute Gasteiger partial charge is 0.465 e. The van der Waals surface area contributed by atoms with Crippen molar-refractivity contribution in [1.82, 2.24) is 4.57 Å². The second kappa shape index (κ2) is 8.05. The lowest BCUT2D eigenvalue weighted by atomic mass is 10.1. The highest BCUT2D eigenvalue weighted by Gasteiger charge is 2.25. The Morgan fingerprint density at radius 1 is 1.07 bits per heavy atom. The van der Waals surface area contributed by atoms with Gasteiger partial charge in [0.05, 0.1) is 42.4 Å². The molecule has 1 aromatic heterocycles. The number of piperidine rings is 1. The molecular formula is C20H22N4O4. The smallest absolute Gasteiger partial charge is 0.357 e. The summed E-state index contributed by atoms with van der Waals surface area (Å²) >= 11 is 0. The molecule has 0 unspecified atom stereocenters. The number of hydrogen-bond donors (Lipinski definition) is 1. The average Bonchev–Trinajstić information content (AvgIpc) is 3.08. The molecule has 0 amide bonds. The van der Waals surface area contributed by atoms with Crippen LogP contribution in [0, 0.1) is 11.3 Å². The van der Waals surface area contributed by atoms with Crippen molar-refractivity contribution in [2.24, 2.45) is 0 Å². The zero-order valence-corrected chi connectivity index (χ0v) is 15.9. The second-order valence-electron chi connectivity index (χ2n) is 6.52. The monoisotopic (exact) mass is 382 g/mol. The van der Waals surface area contributed by atoms with Crippen LogP contribution < -0.4 is 10.6 Å². The molecule has 0 atom stereocenters. The van der Waals surface area contributed by atoms with Crippen LogP contribution in [-0.2, 0) is 9.47 Å². The lowest BCUT2D eigenvalue weighted by molar-refractivity contribution is 0.0588. The Balaban J connectivity index is 2.25. The van der Waals surface area contributed by atoms with E-state index in [-0.39, 0.29) is 16.9 Å². The zero-order valence-electron chi connectivity index (χ0n) is 15.9. The highest BCUT2D eigenvalue weighted by atomic mass is 16.5. The average molecular weight is 382 g/mol. The maximum Gasteiger partial charge on any atom is 0.357 e. The van der Waals surface area contributed by atoms with E-state index in [4.69, 9.17) is 15.2 Å². The summed E-state index contributed by atoms with van der Waals surface area (Å²) in [6, 6.07) is 7.15. The van der Waals surface area contributed by atoms with E-state index < -0.39 is 11.9 Å². The van der Waals surface area contributed by atoms with Gasteiger partial charge < -0.3 is 24.7 Å². The Morgan fingerprint density at radius 3 is 2.36 bits per heavy atom. The molecule has 1 fully saturated rings. The Hall–Kier alpha value is -3.47. The first-order valence-corrected chi connectivity index (χ1v) is 8.98. The van der Waals surface area contributed by atoms with Crippen molar-refractivity contribution >= 4 is 23.3 Å². The van der Waals surface area contributed by atoms with Crippen LogP contribution in [0.1, 0.15) is 45.7 Å². The van der Waals surface area contributed by atoms with Crippen molar-refractivity contribution in [1.29, 1.82) is 5.26 Å². The van der Waals surface area contributed by atoms with E-state index >= 15 is 0 Å². The summed E-state index contributed by atoms with van der Waals surface area (Å²) < 4.78 is 11.2. The molecule has 1 aliphatic heterocycles. The molecule has 0 radical (unpaired) electrons. The van der Waals surface area contributed by atoms with Crippen LogP contribution in [-0.4, -0.2) is 43.8 Å². The number of nitrogens with two attached hydrogens (primary N) is 1. The van der Waals surface area contributed by atoms with E-state index in [1.165, 1.54) is 25.0 Å². The van der Waals surface area contributed by atoms with Crippen LogP contribution in [0.4, 0.5) is 11.4 Å². The van der Waals surface area contributed by atoms with Gasteiger partial charge in [0.25, 0.3) is 0 Å². The van der Waals surface area contributed by atoms with Gasteiger partial charge >= 0.3 is 11.9 Å². The Morgan fingerprint density at radius 2 is 1.75 bits per heavy atom. The fraction of sp³-hybridized carbons (Fsp3) is 0.350. The van der Waals surface area contributed by atoms with Crippen molar-refractivity contribution in [3.8, 4) is 11.8 Å². The molecule has 1 saturated heterocycles. The summed E-state index contributed by atoms with van der Waals surface area (Å²) in [4.78, 5) is 26.7. The van der Waals surface area contributed by atoms with Crippen molar-refractivity contribution in [3.63, 3.8) is 0 Å². The van der Waals surface area contributed by atoms with Crippen LogP contribution in [0.3, 0.4) is 0 Å². The molecule has 2 aromatic rings. The fourth-order valence-electron chi connectivity index (χ4n) is 3.47. The maximum atomic E-state index is 12.4. The lowest BCUT2D eigenvalue weighted by Crippen LogP contribution is -2.30. The number of anilines is 2. The highest BCUT2D eigenvalue weighted by Crippen LogP contribution is 2.33. The zero-order chi connectivity index (χ0) is 20.3. The number of carbonyl (C=O) groups excluding carboxylic acids is 2. The maximum absolute atomic E-state index is 12.4. The third-order valence-electron chi connectivity index (χ3n) is 4.90. The van der Waals surface area contributed by atoms with Gasteiger partial charge in [-0.15, -0.1) is 0 Å². The van der Waals surface area contributed by atoms with Gasteiger partial charge in [0.2, 0.25) is 0 Å². The topological polar surface area (TPSA) is 111 Å². The number of aromatic nitrogens is 1. The molecule has 0 spiro atoms. The molecule has 0 saturated carbocycles. The summed E-state index contributed by atoms with van der Waals surface area (Å²) in [6.45, 7) is 1.72. The number of benzene rings is 1. The van der Waals surface area contributed by atoms with Gasteiger partial charge in [0, 0.05) is 19.3 Å². The van der Waals surface area contributed by atoms with Crippen molar-refractivity contribution < 1.29 is 19.1 Å². The van der Waals surface area contributed by atoms with Crippen LogP contribution >= 0.6 is 0 Å². The molecule has 1 aliphatic rings. The number of esters is 2. The Labute approximate surface area is 163 Å². The van der Waals surface area contributed by atoms with Gasteiger partial charge in [-0.3, -0.25) is 0 Å². The summed E-state index contributed by atoms with van der Waals surface area (Å²) in [5.41, 5.74) is 8.04. The Bertz CT molecular complexity index is 952. The quantitative estimate of drug-likeness (QED) is 0.809. The van der Waals surface area contributed by atoms with E-state index in [9.17, 15) is 14.9 Å². The Kier molecular flexibility index (Phi) is 5.54. The number of nitrogens with zero attached hydrogens (tertiary/aromatic N) is 3.